The van der Waals surface area contributed by atoms with Crippen molar-refractivity contribution in [2.45, 2.75) is 50.2 Å². The van der Waals surface area contributed by atoms with Gasteiger partial charge in [0.2, 0.25) is 0 Å². The number of nitrogens with zero attached hydrogens (tertiary/aromatic N) is 1. The zero-order valence-corrected chi connectivity index (χ0v) is 18.9. The summed E-state index contributed by atoms with van der Waals surface area (Å²) in [5.41, 5.74) is -2.30. The van der Waals surface area contributed by atoms with E-state index in [1.54, 1.807) is 31.1 Å². The summed E-state index contributed by atoms with van der Waals surface area (Å²) in [5.74, 6) is -0.835. The van der Waals surface area contributed by atoms with E-state index in [2.05, 4.69) is 0 Å². The summed E-state index contributed by atoms with van der Waals surface area (Å²) < 4.78 is 91.5. The third-order valence-corrected chi connectivity index (χ3v) is 6.00. The van der Waals surface area contributed by atoms with Crippen molar-refractivity contribution in [1.29, 1.82) is 0 Å². The minimum absolute atomic E-state index is 0.0869. The minimum atomic E-state index is -4.95. The van der Waals surface area contributed by atoms with Gasteiger partial charge in [-0.3, -0.25) is 4.90 Å². The molecule has 3 rings (SSSR count). The Hall–Kier alpha value is -2.14. The number of alkyl halides is 6. The maximum absolute atomic E-state index is 13.3. The van der Waals surface area contributed by atoms with Crippen LogP contribution in [-0.2, 0) is 21.8 Å². The Morgan fingerprint density at radius 3 is 2.03 bits per heavy atom. The van der Waals surface area contributed by atoms with Gasteiger partial charge in [0.15, 0.2) is 6.29 Å². The maximum Gasteiger partial charge on any atom is 0.416 e. The predicted octanol–water partition coefficient (Wildman–Crippen LogP) is 5.83. The van der Waals surface area contributed by atoms with Crippen molar-refractivity contribution in [2.24, 2.45) is 5.92 Å². The van der Waals surface area contributed by atoms with Crippen LogP contribution in [0, 0.1) is 5.92 Å². The summed E-state index contributed by atoms with van der Waals surface area (Å²) in [4.78, 5) is 1.63. The van der Waals surface area contributed by atoms with E-state index in [-0.39, 0.29) is 24.2 Å². The Bertz CT molecular complexity index is 916. The van der Waals surface area contributed by atoms with Gasteiger partial charge in [-0.2, -0.15) is 26.3 Å². The van der Waals surface area contributed by atoms with E-state index < -0.39 is 48.0 Å². The van der Waals surface area contributed by atoms with Crippen LogP contribution in [0.25, 0.3) is 0 Å². The second-order valence-corrected chi connectivity index (χ2v) is 8.62. The SMILES string of the molecule is C[C@@H](O[C@H]1OCCC(C(O)N(C)C)[C@H]1c1ccccc1)c1cc(C(F)(F)F)cc(C(F)(F)F)c1. The third-order valence-electron chi connectivity index (χ3n) is 6.00. The molecule has 0 spiro atoms. The van der Waals surface area contributed by atoms with Gasteiger partial charge in [0.25, 0.3) is 0 Å². The smallest absolute Gasteiger partial charge is 0.378 e. The van der Waals surface area contributed by atoms with Crippen LogP contribution in [0.3, 0.4) is 0 Å². The number of benzene rings is 2. The van der Waals surface area contributed by atoms with E-state index in [1.165, 1.54) is 6.92 Å². The first-order valence-electron chi connectivity index (χ1n) is 10.7. The Morgan fingerprint density at radius 2 is 1.53 bits per heavy atom. The highest BCUT2D eigenvalue weighted by molar-refractivity contribution is 5.34. The lowest BCUT2D eigenvalue weighted by Crippen LogP contribution is -2.46. The van der Waals surface area contributed by atoms with Crippen LogP contribution in [0.4, 0.5) is 26.3 Å². The molecule has 0 aliphatic carbocycles. The van der Waals surface area contributed by atoms with Gasteiger partial charge in [0.1, 0.15) is 6.23 Å². The van der Waals surface area contributed by atoms with Crippen molar-refractivity contribution in [2.75, 3.05) is 20.7 Å². The van der Waals surface area contributed by atoms with Gasteiger partial charge in [-0.1, -0.05) is 30.3 Å². The number of hydrogen-bond donors (Lipinski definition) is 1. The van der Waals surface area contributed by atoms with Crippen LogP contribution in [0.2, 0.25) is 0 Å². The van der Waals surface area contributed by atoms with E-state index in [1.807, 2.05) is 18.2 Å². The Morgan fingerprint density at radius 1 is 0.971 bits per heavy atom. The van der Waals surface area contributed by atoms with E-state index in [4.69, 9.17) is 9.47 Å². The molecule has 1 fully saturated rings. The van der Waals surface area contributed by atoms with Gasteiger partial charge in [-0.15, -0.1) is 0 Å². The molecule has 1 N–H and O–H groups in total. The van der Waals surface area contributed by atoms with E-state index >= 15 is 0 Å². The van der Waals surface area contributed by atoms with Crippen molar-refractivity contribution in [1.82, 2.24) is 4.90 Å². The molecule has 0 bridgehead atoms. The summed E-state index contributed by atoms with van der Waals surface area (Å²) in [6, 6.07) is 10.5. The first kappa shape index (κ1) is 26.5. The second-order valence-electron chi connectivity index (χ2n) is 8.62. The average molecular weight is 491 g/mol. The molecule has 1 aliphatic rings. The molecule has 1 aliphatic heterocycles. The van der Waals surface area contributed by atoms with Crippen molar-refractivity contribution < 1.29 is 40.9 Å². The second kappa shape index (κ2) is 10.2. The third kappa shape index (κ3) is 6.10. The van der Waals surface area contributed by atoms with E-state index in [9.17, 15) is 31.4 Å². The lowest BCUT2D eigenvalue weighted by molar-refractivity contribution is -0.224. The summed E-state index contributed by atoms with van der Waals surface area (Å²) in [6.07, 6.45) is -12.4. The molecule has 0 amide bonds. The van der Waals surface area contributed by atoms with Gasteiger partial charge >= 0.3 is 12.4 Å². The molecule has 0 radical (unpaired) electrons. The highest BCUT2D eigenvalue weighted by Gasteiger charge is 2.42. The first-order valence-corrected chi connectivity index (χ1v) is 10.7. The van der Waals surface area contributed by atoms with Crippen molar-refractivity contribution in [3.05, 3.63) is 70.8 Å². The normalized spacial score (nSPS) is 23.7. The van der Waals surface area contributed by atoms with Gasteiger partial charge < -0.3 is 14.6 Å². The standard InChI is InChI=1S/C24H27F6NO3/c1-14(16-11-17(23(25,26)27)13-18(12-16)24(28,29)30)34-22-20(15-7-5-4-6-8-15)19(9-10-33-22)21(32)31(2)3/h4-8,11-14,19-22,32H,9-10H2,1-3H3/t14-,19?,20-,21?,22-/m1/s1. The molecule has 0 saturated carbocycles. The van der Waals surface area contributed by atoms with Crippen LogP contribution < -0.4 is 0 Å². The van der Waals surface area contributed by atoms with Gasteiger partial charge in [0.05, 0.1) is 23.8 Å². The number of aliphatic hydroxyl groups excluding tert-OH is 1. The predicted molar refractivity (Wildman–Crippen MR) is 113 cm³/mol. The molecular weight excluding hydrogens is 464 g/mol. The van der Waals surface area contributed by atoms with Crippen molar-refractivity contribution >= 4 is 0 Å². The van der Waals surface area contributed by atoms with Gasteiger partial charge in [-0.05, 0) is 56.8 Å². The Kier molecular flexibility index (Phi) is 7.96. The molecule has 2 aromatic carbocycles. The summed E-state index contributed by atoms with van der Waals surface area (Å²) in [6.45, 7) is 1.60. The van der Waals surface area contributed by atoms with Crippen molar-refractivity contribution in [3.8, 4) is 0 Å². The highest BCUT2D eigenvalue weighted by Crippen LogP contribution is 2.42. The molecule has 188 valence electrons. The molecule has 1 heterocycles. The van der Waals surface area contributed by atoms with Crippen molar-refractivity contribution in [3.63, 3.8) is 0 Å². The molecule has 2 aromatic rings. The molecule has 10 heteroatoms. The number of aliphatic hydroxyl groups is 1. The van der Waals surface area contributed by atoms with Crippen LogP contribution in [0.1, 0.15) is 47.6 Å². The quantitative estimate of drug-likeness (QED) is 0.408. The fraction of sp³-hybridized carbons (Fsp3) is 0.500. The van der Waals surface area contributed by atoms with E-state index in [0.717, 1.165) is 5.56 Å². The number of rotatable bonds is 6. The lowest BCUT2D eigenvalue weighted by Gasteiger charge is -2.42. The average Bonchev–Trinajstić information content (AvgIpc) is 2.77. The first-order chi connectivity index (χ1) is 15.8. The zero-order chi connectivity index (χ0) is 25.3. The number of halogens is 6. The number of ether oxygens (including phenoxy) is 2. The minimum Gasteiger partial charge on any atom is -0.378 e. The largest absolute Gasteiger partial charge is 0.416 e. The Balaban J connectivity index is 1.96. The molecule has 1 saturated heterocycles. The molecule has 0 aromatic heterocycles. The Labute approximate surface area is 194 Å². The van der Waals surface area contributed by atoms with Gasteiger partial charge in [-0.25, -0.2) is 0 Å². The number of hydrogen-bond acceptors (Lipinski definition) is 4. The molecule has 5 atom stereocenters. The monoisotopic (exact) mass is 491 g/mol. The summed E-state index contributed by atoms with van der Waals surface area (Å²) in [5, 5.41) is 10.8. The highest BCUT2D eigenvalue weighted by atomic mass is 19.4. The molecule has 34 heavy (non-hydrogen) atoms. The van der Waals surface area contributed by atoms with E-state index in [0.29, 0.717) is 18.6 Å². The molecular formula is C24H27F6NO3. The molecule has 4 nitrogen and oxygen atoms in total. The zero-order valence-electron chi connectivity index (χ0n) is 18.9. The fourth-order valence-electron chi connectivity index (χ4n) is 4.22. The maximum atomic E-state index is 13.3. The van der Waals surface area contributed by atoms with Crippen LogP contribution in [0.15, 0.2) is 48.5 Å². The van der Waals surface area contributed by atoms with Crippen LogP contribution in [-0.4, -0.2) is 43.2 Å². The lowest BCUT2D eigenvalue weighted by atomic mass is 9.80. The molecule has 2 unspecified atom stereocenters. The van der Waals surface area contributed by atoms with Gasteiger partial charge in [0, 0.05) is 11.8 Å². The summed E-state index contributed by atoms with van der Waals surface area (Å²) in [7, 11) is 3.42. The topological polar surface area (TPSA) is 41.9 Å². The fourth-order valence-corrected chi connectivity index (χ4v) is 4.22. The van der Waals surface area contributed by atoms with Crippen LogP contribution >= 0.6 is 0 Å². The summed E-state index contributed by atoms with van der Waals surface area (Å²) >= 11 is 0. The van der Waals surface area contributed by atoms with Crippen LogP contribution in [0.5, 0.6) is 0 Å².